The van der Waals surface area contributed by atoms with Crippen LogP contribution in [0, 0.1) is 0 Å². The average molecular weight is 239 g/mol. The normalized spacial score (nSPS) is 12.4. The number of ether oxygens (including phenoxy) is 1. The number of hydrogen-bond acceptors (Lipinski definition) is 4. The Labute approximate surface area is 102 Å². The third kappa shape index (κ3) is 6.06. The average Bonchev–Trinajstić information content (AvgIpc) is 2.79. The molecule has 0 aliphatic carbocycles. The van der Waals surface area contributed by atoms with Crippen molar-refractivity contribution in [3.8, 4) is 0 Å². The lowest BCUT2D eigenvalue weighted by molar-refractivity contribution is -0.142. The van der Waals surface area contributed by atoms with Crippen LogP contribution in [0.25, 0.3) is 0 Å². The Hall–Kier alpha value is -1.36. The lowest BCUT2D eigenvalue weighted by Crippen LogP contribution is -2.35. The van der Waals surface area contributed by atoms with Crippen molar-refractivity contribution in [1.82, 2.24) is 15.1 Å². The zero-order valence-electron chi connectivity index (χ0n) is 10.6. The molecule has 0 saturated heterocycles. The molecule has 0 radical (unpaired) electrons. The predicted octanol–water partition coefficient (Wildman–Crippen LogP) is 1.20. The second kappa shape index (κ2) is 7.84. The van der Waals surface area contributed by atoms with Gasteiger partial charge in [-0.1, -0.05) is 13.3 Å². The molecule has 1 N–H and O–H groups in total. The van der Waals surface area contributed by atoms with E-state index < -0.39 is 0 Å². The van der Waals surface area contributed by atoms with Gasteiger partial charge in [0.25, 0.3) is 0 Å². The monoisotopic (exact) mass is 239 g/mol. The number of aromatic nitrogens is 2. The fourth-order valence-corrected chi connectivity index (χ4v) is 1.39. The van der Waals surface area contributed by atoms with Crippen LogP contribution in [0.2, 0.25) is 0 Å². The van der Waals surface area contributed by atoms with E-state index in [1.807, 2.05) is 23.9 Å². The first-order valence-corrected chi connectivity index (χ1v) is 6.08. The van der Waals surface area contributed by atoms with Crippen molar-refractivity contribution in [2.24, 2.45) is 0 Å². The van der Waals surface area contributed by atoms with E-state index in [-0.39, 0.29) is 18.6 Å². The maximum Gasteiger partial charge on any atom is 0.319 e. The SMILES string of the molecule is CCCCOC(=O)CNC(C)Cn1cccn1. The molecule has 1 atom stereocenters. The summed E-state index contributed by atoms with van der Waals surface area (Å²) in [5.41, 5.74) is 0. The van der Waals surface area contributed by atoms with Gasteiger partial charge in [-0.25, -0.2) is 0 Å². The summed E-state index contributed by atoms with van der Waals surface area (Å²) in [5.74, 6) is -0.189. The highest BCUT2D eigenvalue weighted by atomic mass is 16.5. The largest absolute Gasteiger partial charge is 0.465 e. The quantitative estimate of drug-likeness (QED) is 0.547. The van der Waals surface area contributed by atoms with E-state index >= 15 is 0 Å². The zero-order valence-corrected chi connectivity index (χ0v) is 10.6. The van der Waals surface area contributed by atoms with Crippen LogP contribution in [0.5, 0.6) is 0 Å². The van der Waals surface area contributed by atoms with Crippen LogP contribution < -0.4 is 5.32 Å². The molecule has 0 bridgehead atoms. The van der Waals surface area contributed by atoms with Gasteiger partial charge in [0, 0.05) is 18.4 Å². The summed E-state index contributed by atoms with van der Waals surface area (Å²) in [4.78, 5) is 11.3. The van der Waals surface area contributed by atoms with Crippen LogP contribution in [0.1, 0.15) is 26.7 Å². The number of nitrogens with one attached hydrogen (secondary N) is 1. The molecule has 5 nitrogen and oxygen atoms in total. The molecule has 17 heavy (non-hydrogen) atoms. The van der Waals surface area contributed by atoms with Crippen LogP contribution in [-0.4, -0.2) is 34.9 Å². The lowest BCUT2D eigenvalue weighted by atomic mass is 10.3. The molecule has 1 heterocycles. The van der Waals surface area contributed by atoms with Gasteiger partial charge in [-0.05, 0) is 19.4 Å². The number of hydrogen-bond donors (Lipinski definition) is 1. The van der Waals surface area contributed by atoms with Gasteiger partial charge < -0.3 is 10.1 Å². The van der Waals surface area contributed by atoms with Crippen LogP contribution in [0.4, 0.5) is 0 Å². The van der Waals surface area contributed by atoms with Crippen LogP contribution in [0.3, 0.4) is 0 Å². The summed E-state index contributed by atoms with van der Waals surface area (Å²) in [6, 6.07) is 2.07. The predicted molar refractivity (Wildman–Crippen MR) is 65.6 cm³/mol. The number of rotatable bonds is 8. The van der Waals surface area contributed by atoms with Crippen molar-refractivity contribution in [2.75, 3.05) is 13.2 Å². The molecule has 1 aromatic heterocycles. The second-order valence-corrected chi connectivity index (χ2v) is 4.08. The van der Waals surface area contributed by atoms with Gasteiger partial charge >= 0.3 is 5.97 Å². The topological polar surface area (TPSA) is 56.1 Å². The summed E-state index contributed by atoms with van der Waals surface area (Å²) in [7, 11) is 0. The highest BCUT2D eigenvalue weighted by molar-refractivity contribution is 5.71. The Bertz CT molecular complexity index is 312. The molecule has 0 aromatic carbocycles. The third-order valence-corrected chi connectivity index (χ3v) is 2.38. The number of esters is 1. The molecular weight excluding hydrogens is 218 g/mol. The summed E-state index contributed by atoms with van der Waals surface area (Å²) in [6.07, 6.45) is 5.61. The van der Waals surface area contributed by atoms with Gasteiger partial charge in [-0.15, -0.1) is 0 Å². The smallest absolute Gasteiger partial charge is 0.319 e. The first kappa shape index (κ1) is 13.7. The van der Waals surface area contributed by atoms with E-state index in [0.29, 0.717) is 6.61 Å². The lowest BCUT2D eigenvalue weighted by Gasteiger charge is -2.13. The summed E-state index contributed by atoms with van der Waals surface area (Å²) in [6.45, 7) is 5.60. The van der Waals surface area contributed by atoms with Crippen molar-refractivity contribution < 1.29 is 9.53 Å². The number of nitrogens with zero attached hydrogens (tertiary/aromatic N) is 2. The van der Waals surface area contributed by atoms with Gasteiger partial charge in [0.1, 0.15) is 0 Å². The van der Waals surface area contributed by atoms with Crippen molar-refractivity contribution in [3.05, 3.63) is 18.5 Å². The van der Waals surface area contributed by atoms with E-state index in [1.165, 1.54) is 0 Å². The maximum atomic E-state index is 11.3. The summed E-state index contributed by atoms with van der Waals surface area (Å²) < 4.78 is 6.88. The van der Waals surface area contributed by atoms with Crippen molar-refractivity contribution in [1.29, 1.82) is 0 Å². The molecule has 0 spiro atoms. The third-order valence-electron chi connectivity index (χ3n) is 2.38. The molecule has 0 fully saturated rings. The highest BCUT2D eigenvalue weighted by Gasteiger charge is 2.06. The molecular formula is C12H21N3O2. The number of carbonyl (C=O) groups is 1. The minimum atomic E-state index is -0.189. The maximum absolute atomic E-state index is 11.3. The Kier molecular flexibility index (Phi) is 6.32. The highest BCUT2D eigenvalue weighted by Crippen LogP contribution is 1.91. The molecule has 1 rings (SSSR count). The van der Waals surface area contributed by atoms with Crippen LogP contribution in [0.15, 0.2) is 18.5 Å². The summed E-state index contributed by atoms with van der Waals surface area (Å²) >= 11 is 0. The van der Waals surface area contributed by atoms with E-state index in [2.05, 4.69) is 17.3 Å². The van der Waals surface area contributed by atoms with Crippen molar-refractivity contribution in [3.63, 3.8) is 0 Å². The Morgan fingerprint density at radius 1 is 1.59 bits per heavy atom. The van der Waals surface area contributed by atoms with Crippen LogP contribution >= 0.6 is 0 Å². The van der Waals surface area contributed by atoms with Gasteiger partial charge in [-0.2, -0.15) is 5.10 Å². The zero-order chi connectivity index (χ0) is 12.5. The van der Waals surface area contributed by atoms with Gasteiger partial charge in [0.05, 0.1) is 19.7 Å². The Morgan fingerprint density at radius 2 is 2.41 bits per heavy atom. The van der Waals surface area contributed by atoms with Gasteiger partial charge in [-0.3, -0.25) is 9.48 Å². The molecule has 96 valence electrons. The standard InChI is InChI=1S/C12H21N3O2/c1-3-4-8-17-12(16)9-13-11(2)10-15-7-5-6-14-15/h5-7,11,13H,3-4,8-10H2,1-2H3. The van der Waals surface area contributed by atoms with Crippen molar-refractivity contribution in [2.45, 2.75) is 39.3 Å². The fourth-order valence-electron chi connectivity index (χ4n) is 1.39. The van der Waals surface area contributed by atoms with Crippen LogP contribution in [-0.2, 0) is 16.1 Å². The first-order valence-electron chi connectivity index (χ1n) is 6.08. The van der Waals surface area contributed by atoms with E-state index in [0.717, 1.165) is 19.4 Å². The Morgan fingerprint density at radius 3 is 3.06 bits per heavy atom. The minimum Gasteiger partial charge on any atom is -0.465 e. The molecule has 0 saturated carbocycles. The van der Waals surface area contributed by atoms with Gasteiger partial charge in [0.2, 0.25) is 0 Å². The van der Waals surface area contributed by atoms with Crippen molar-refractivity contribution >= 4 is 5.97 Å². The molecule has 0 amide bonds. The molecule has 5 heteroatoms. The van der Waals surface area contributed by atoms with E-state index in [1.54, 1.807) is 6.20 Å². The molecule has 1 aromatic rings. The fraction of sp³-hybridized carbons (Fsp3) is 0.667. The van der Waals surface area contributed by atoms with E-state index in [4.69, 9.17) is 4.74 Å². The molecule has 0 aliphatic heterocycles. The number of unbranched alkanes of at least 4 members (excludes halogenated alkanes) is 1. The second-order valence-electron chi connectivity index (χ2n) is 4.08. The number of carbonyl (C=O) groups excluding carboxylic acids is 1. The molecule has 1 unspecified atom stereocenters. The Balaban J connectivity index is 2.10. The van der Waals surface area contributed by atoms with Gasteiger partial charge in [0.15, 0.2) is 0 Å². The summed E-state index contributed by atoms with van der Waals surface area (Å²) in [5, 5.41) is 7.22. The van der Waals surface area contributed by atoms with E-state index in [9.17, 15) is 4.79 Å². The molecule has 0 aliphatic rings. The minimum absolute atomic E-state index is 0.189. The first-order chi connectivity index (χ1) is 8.22.